The van der Waals surface area contributed by atoms with E-state index in [-0.39, 0.29) is 5.91 Å². The van der Waals surface area contributed by atoms with Gasteiger partial charge in [0.2, 0.25) is 5.91 Å². The molecular formula is C14H28N2O2. The van der Waals surface area contributed by atoms with Crippen LogP contribution < -0.4 is 10.6 Å². The Morgan fingerprint density at radius 2 is 2.33 bits per heavy atom. The van der Waals surface area contributed by atoms with Gasteiger partial charge in [0.15, 0.2) is 0 Å². The minimum Gasteiger partial charge on any atom is -0.388 e. The van der Waals surface area contributed by atoms with E-state index in [1.54, 1.807) is 6.92 Å². The van der Waals surface area contributed by atoms with Crippen LogP contribution in [0.3, 0.4) is 0 Å². The molecule has 3 N–H and O–H groups in total. The number of rotatable bonds is 6. The molecule has 1 rings (SSSR count). The summed E-state index contributed by atoms with van der Waals surface area (Å²) < 4.78 is 0. The van der Waals surface area contributed by atoms with Gasteiger partial charge in [0.25, 0.3) is 0 Å². The van der Waals surface area contributed by atoms with Crippen molar-refractivity contribution in [2.75, 3.05) is 19.6 Å². The van der Waals surface area contributed by atoms with E-state index >= 15 is 0 Å². The van der Waals surface area contributed by atoms with E-state index in [0.717, 1.165) is 13.1 Å². The molecule has 3 unspecified atom stereocenters. The maximum Gasteiger partial charge on any atom is 0.220 e. The predicted molar refractivity (Wildman–Crippen MR) is 73.3 cm³/mol. The van der Waals surface area contributed by atoms with Gasteiger partial charge >= 0.3 is 0 Å². The van der Waals surface area contributed by atoms with Gasteiger partial charge in [-0.15, -0.1) is 0 Å². The second-order valence-electron chi connectivity index (χ2n) is 5.92. The Morgan fingerprint density at radius 3 is 2.89 bits per heavy atom. The number of aliphatic hydroxyl groups is 1. The van der Waals surface area contributed by atoms with Crippen LogP contribution >= 0.6 is 0 Å². The van der Waals surface area contributed by atoms with Gasteiger partial charge in [-0.1, -0.05) is 13.8 Å². The fourth-order valence-electron chi connectivity index (χ4n) is 2.31. The lowest BCUT2D eigenvalue weighted by atomic mass is 9.85. The molecule has 18 heavy (non-hydrogen) atoms. The van der Waals surface area contributed by atoms with Gasteiger partial charge < -0.3 is 15.7 Å². The minimum atomic E-state index is -0.786. The Hall–Kier alpha value is -0.610. The van der Waals surface area contributed by atoms with Crippen molar-refractivity contribution in [1.82, 2.24) is 10.6 Å². The molecule has 1 aliphatic rings. The van der Waals surface area contributed by atoms with Gasteiger partial charge in [-0.3, -0.25) is 4.79 Å². The van der Waals surface area contributed by atoms with Crippen LogP contribution in [-0.4, -0.2) is 36.2 Å². The monoisotopic (exact) mass is 256 g/mol. The molecule has 0 aliphatic carbocycles. The minimum absolute atomic E-state index is 0.0572. The average Bonchev–Trinajstić information content (AvgIpc) is 2.37. The summed E-state index contributed by atoms with van der Waals surface area (Å²) in [5, 5.41) is 16.0. The second-order valence-corrected chi connectivity index (χ2v) is 5.92. The van der Waals surface area contributed by atoms with Crippen LogP contribution in [-0.2, 0) is 4.79 Å². The van der Waals surface area contributed by atoms with Gasteiger partial charge in [-0.05, 0) is 51.1 Å². The molecule has 1 heterocycles. The lowest BCUT2D eigenvalue weighted by Crippen LogP contribution is -2.41. The van der Waals surface area contributed by atoms with Crippen molar-refractivity contribution in [1.29, 1.82) is 0 Å². The van der Waals surface area contributed by atoms with Gasteiger partial charge in [0.1, 0.15) is 0 Å². The van der Waals surface area contributed by atoms with Crippen LogP contribution in [0, 0.1) is 11.8 Å². The molecule has 0 aromatic carbocycles. The number of carbonyl (C=O) groups excluding carboxylic acids is 1. The van der Waals surface area contributed by atoms with E-state index < -0.39 is 5.60 Å². The summed E-state index contributed by atoms with van der Waals surface area (Å²) in [6, 6.07) is 0. The number of amides is 1. The molecule has 0 bridgehead atoms. The molecule has 4 nitrogen and oxygen atoms in total. The molecule has 0 aromatic rings. The highest BCUT2D eigenvalue weighted by molar-refractivity contribution is 5.76. The van der Waals surface area contributed by atoms with Crippen LogP contribution in [0.5, 0.6) is 0 Å². The van der Waals surface area contributed by atoms with Crippen molar-refractivity contribution in [2.24, 2.45) is 11.8 Å². The maximum atomic E-state index is 11.8. The van der Waals surface area contributed by atoms with Crippen LogP contribution in [0.15, 0.2) is 0 Å². The standard InChI is InChI=1S/C14H28N2O2/c1-4-14(3,18)10-16-13(17)8-11(2)12-6-5-7-15-9-12/h11-12,15,18H,4-10H2,1-3H3,(H,16,17). The molecule has 0 saturated carbocycles. The lowest BCUT2D eigenvalue weighted by molar-refractivity contribution is -0.123. The Balaban J connectivity index is 2.26. The smallest absolute Gasteiger partial charge is 0.220 e. The largest absolute Gasteiger partial charge is 0.388 e. The van der Waals surface area contributed by atoms with E-state index in [2.05, 4.69) is 17.6 Å². The lowest BCUT2D eigenvalue weighted by Gasteiger charge is -2.28. The third kappa shape index (κ3) is 5.36. The summed E-state index contributed by atoms with van der Waals surface area (Å²) in [5.41, 5.74) is -0.786. The number of hydrogen-bond donors (Lipinski definition) is 3. The molecule has 1 aliphatic heterocycles. The zero-order valence-corrected chi connectivity index (χ0v) is 12.0. The molecule has 0 spiro atoms. The van der Waals surface area contributed by atoms with E-state index in [1.807, 2.05) is 6.92 Å². The van der Waals surface area contributed by atoms with Gasteiger partial charge in [0, 0.05) is 13.0 Å². The summed E-state index contributed by atoms with van der Waals surface area (Å²) in [7, 11) is 0. The van der Waals surface area contributed by atoms with Crippen LogP contribution in [0.2, 0.25) is 0 Å². The fraction of sp³-hybridized carbons (Fsp3) is 0.929. The molecule has 4 heteroatoms. The van der Waals surface area contributed by atoms with Crippen LogP contribution in [0.4, 0.5) is 0 Å². The molecule has 0 radical (unpaired) electrons. The van der Waals surface area contributed by atoms with Gasteiger partial charge in [-0.25, -0.2) is 0 Å². The first-order valence-electron chi connectivity index (χ1n) is 7.14. The summed E-state index contributed by atoms with van der Waals surface area (Å²) in [5.74, 6) is 1.07. The van der Waals surface area contributed by atoms with E-state index in [0.29, 0.717) is 31.2 Å². The number of carbonyl (C=O) groups is 1. The first-order valence-corrected chi connectivity index (χ1v) is 7.14. The Bertz CT molecular complexity index is 261. The molecule has 106 valence electrons. The summed E-state index contributed by atoms with van der Waals surface area (Å²) in [6.07, 6.45) is 3.64. The van der Waals surface area contributed by atoms with Crippen molar-refractivity contribution in [3.8, 4) is 0 Å². The molecular weight excluding hydrogens is 228 g/mol. The summed E-state index contributed by atoms with van der Waals surface area (Å²) in [6.45, 7) is 8.30. The Labute approximate surface area is 111 Å². The highest BCUT2D eigenvalue weighted by Gasteiger charge is 2.23. The number of hydrogen-bond acceptors (Lipinski definition) is 3. The first-order chi connectivity index (χ1) is 8.44. The Morgan fingerprint density at radius 1 is 1.61 bits per heavy atom. The summed E-state index contributed by atoms with van der Waals surface area (Å²) >= 11 is 0. The summed E-state index contributed by atoms with van der Waals surface area (Å²) in [4.78, 5) is 11.8. The quantitative estimate of drug-likeness (QED) is 0.671. The number of piperidine rings is 1. The number of nitrogens with one attached hydrogen (secondary N) is 2. The van der Waals surface area contributed by atoms with Crippen molar-refractivity contribution >= 4 is 5.91 Å². The fourth-order valence-corrected chi connectivity index (χ4v) is 2.31. The predicted octanol–water partition coefficient (Wildman–Crippen LogP) is 1.29. The zero-order valence-electron chi connectivity index (χ0n) is 12.0. The zero-order chi connectivity index (χ0) is 13.6. The molecule has 1 saturated heterocycles. The van der Waals surface area contributed by atoms with Crippen LogP contribution in [0.1, 0.15) is 46.5 Å². The molecule has 0 aromatic heterocycles. The molecule has 3 atom stereocenters. The van der Waals surface area contributed by atoms with Crippen molar-refractivity contribution < 1.29 is 9.90 Å². The average molecular weight is 256 g/mol. The third-order valence-corrected chi connectivity index (χ3v) is 4.08. The van der Waals surface area contributed by atoms with Crippen LogP contribution in [0.25, 0.3) is 0 Å². The highest BCUT2D eigenvalue weighted by Crippen LogP contribution is 2.22. The van der Waals surface area contributed by atoms with Gasteiger partial charge in [-0.2, -0.15) is 0 Å². The maximum absolute atomic E-state index is 11.8. The van der Waals surface area contributed by atoms with E-state index in [9.17, 15) is 9.90 Å². The molecule has 1 amide bonds. The van der Waals surface area contributed by atoms with E-state index in [1.165, 1.54) is 12.8 Å². The third-order valence-electron chi connectivity index (χ3n) is 4.08. The highest BCUT2D eigenvalue weighted by atomic mass is 16.3. The van der Waals surface area contributed by atoms with Crippen molar-refractivity contribution in [3.05, 3.63) is 0 Å². The SMILES string of the molecule is CCC(C)(O)CNC(=O)CC(C)C1CCCNC1. The van der Waals surface area contributed by atoms with Crippen molar-refractivity contribution in [2.45, 2.75) is 52.1 Å². The van der Waals surface area contributed by atoms with Crippen molar-refractivity contribution in [3.63, 3.8) is 0 Å². The first kappa shape index (κ1) is 15.4. The topological polar surface area (TPSA) is 61.4 Å². The van der Waals surface area contributed by atoms with E-state index in [4.69, 9.17) is 0 Å². The van der Waals surface area contributed by atoms with Gasteiger partial charge in [0.05, 0.1) is 5.60 Å². The second kappa shape index (κ2) is 7.10. The normalized spacial score (nSPS) is 25.2. The Kier molecular flexibility index (Phi) is 6.09. The molecule has 1 fully saturated rings.